The number of hydrogen-bond donors (Lipinski definition) is 2. The van der Waals surface area contributed by atoms with Gasteiger partial charge in [0.2, 0.25) is 0 Å². The Labute approximate surface area is 132 Å². The summed E-state index contributed by atoms with van der Waals surface area (Å²) < 4.78 is 5.63. The molecular formula is C18H38O3. The molecule has 3 unspecified atom stereocenters. The lowest BCUT2D eigenvalue weighted by molar-refractivity contribution is -0.162. The van der Waals surface area contributed by atoms with Crippen LogP contribution in [0.3, 0.4) is 0 Å². The van der Waals surface area contributed by atoms with E-state index in [1.165, 1.54) is 51.4 Å². The van der Waals surface area contributed by atoms with Crippen molar-refractivity contribution in [3.63, 3.8) is 0 Å². The Kier molecular flexibility index (Phi) is 14.7. The highest BCUT2D eigenvalue weighted by Crippen LogP contribution is 2.25. The molecule has 0 aliphatic heterocycles. The summed E-state index contributed by atoms with van der Waals surface area (Å²) in [6, 6.07) is 0. The molecule has 3 nitrogen and oxygen atoms in total. The third-order valence-electron chi connectivity index (χ3n) is 4.14. The fraction of sp³-hybridized carbons (Fsp3) is 1.00. The lowest BCUT2D eigenvalue weighted by Crippen LogP contribution is -2.27. The van der Waals surface area contributed by atoms with Crippen LogP contribution in [-0.4, -0.2) is 29.2 Å². The predicted octanol–water partition coefficient (Wildman–Crippen LogP) is 4.65. The topological polar surface area (TPSA) is 49.7 Å². The molecule has 0 spiro atoms. The van der Waals surface area contributed by atoms with Gasteiger partial charge >= 0.3 is 0 Å². The highest BCUT2D eigenvalue weighted by molar-refractivity contribution is 4.68. The zero-order chi connectivity index (χ0) is 15.9. The molecule has 0 aromatic heterocycles. The first kappa shape index (κ1) is 20.9. The van der Waals surface area contributed by atoms with Crippen molar-refractivity contribution in [2.24, 2.45) is 5.92 Å². The molecule has 0 radical (unpaired) electrons. The standard InChI is InChI=1S/C18H38O3/c1-4-7-9-12-16(11-6-3)14-17(13-10-8-5-2)21-18(20)15-19/h16-20H,4-15H2,1-3H3. The van der Waals surface area contributed by atoms with Crippen molar-refractivity contribution >= 4 is 0 Å². The van der Waals surface area contributed by atoms with Gasteiger partial charge in [0, 0.05) is 0 Å². The summed E-state index contributed by atoms with van der Waals surface area (Å²) in [7, 11) is 0. The second-order valence-corrected chi connectivity index (χ2v) is 6.28. The maximum atomic E-state index is 9.57. The first-order valence-corrected chi connectivity index (χ1v) is 9.12. The minimum atomic E-state index is -1.02. The average molecular weight is 302 g/mol. The average Bonchev–Trinajstić information content (AvgIpc) is 2.47. The van der Waals surface area contributed by atoms with Crippen LogP contribution < -0.4 is 0 Å². The summed E-state index contributed by atoms with van der Waals surface area (Å²) in [6.07, 6.45) is 12.2. The second-order valence-electron chi connectivity index (χ2n) is 6.28. The van der Waals surface area contributed by atoms with Crippen molar-refractivity contribution in [3.8, 4) is 0 Å². The zero-order valence-electron chi connectivity index (χ0n) is 14.5. The van der Waals surface area contributed by atoms with Crippen LogP contribution in [0.5, 0.6) is 0 Å². The van der Waals surface area contributed by atoms with E-state index in [4.69, 9.17) is 9.84 Å². The number of unbranched alkanes of at least 4 members (excludes halogenated alkanes) is 4. The summed E-state index contributed by atoms with van der Waals surface area (Å²) in [5.74, 6) is 0.694. The van der Waals surface area contributed by atoms with Crippen LogP contribution >= 0.6 is 0 Å². The Bertz CT molecular complexity index is 209. The summed E-state index contributed by atoms with van der Waals surface area (Å²) in [5.41, 5.74) is 0. The predicted molar refractivity (Wildman–Crippen MR) is 89.3 cm³/mol. The van der Waals surface area contributed by atoms with Gasteiger partial charge in [0.05, 0.1) is 12.7 Å². The smallest absolute Gasteiger partial charge is 0.178 e. The molecular weight excluding hydrogens is 264 g/mol. The number of rotatable bonds is 15. The van der Waals surface area contributed by atoms with E-state index in [1.54, 1.807) is 0 Å². The van der Waals surface area contributed by atoms with Gasteiger partial charge in [-0.1, -0.05) is 78.6 Å². The number of ether oxygens (including phenoxy) is 1. The van der Waals surface area contributed by atoms with Crippen molar-refractivity contribution in [2.75, 3.05) is 6.61 Å². The molecule has 0 amide bonds. The van der Waals surface area contributed by atoms with E-state index in [-0.39, 0.29) is 12.7 Å². The molecule has 128 valence electrons. The molecule has 0 rings (SSSR count). The fourth-order valence-electron chi connectivity index (χ4n) is 2.97. The fourth-order valence-corrected chi connectivity index (χ4v) is 2.97. The SMILES string of the molecule is CCCCCC(CCC)CC(CCCCC)OC(O)CO. The number of aliphatic hydroxyl groups excluding tert-OH is 2. The Hall–Kier alpha value is -0.120. The number of aliphatic hydroxyl groups is 2. The Morgan fingerprint density at radius 3 is 1.95 bits per heavy atom. The van der Waals surface area contributed by atoms with E-state index in [0.29, 0.717) is 5.92 Å². The minimum Gasteiger partial charge on any atom is -0.391 e. The number of hydrogen-bond acceptors (Lipinski definition) is 3. The summed E-state index contributed by atoms with van der Waals surface area (Å²) in [4.78, 5) is 0. The Morgan fingerprint density at radius 2 is 1.43 bits per heavy atom. The second kappa shape index (κ2) is 14.8. The molecule has 2 N–H and O–H groups in total. The van der Waals surface area contributed by atoms with Gasteiger partial charge in [-0.3, -0.25) is 0 Å². The lowest BCUT2D eigenvalue weighted by atomic mass is 9.89. The molecule has 3 heteroatoms. The summed E-state index contributed by atoms with van der Waals surface area (Å²) >= 11 is 0. The van der Waals surface area contributed by atoms with Crippen molar-refractivity contribution < 1.29 is 14.9 Å². The molecule has 0 fully saturated rings. The van der Waals surface area contributed by atoms with Crippen LogP contribution in [0.25, 0.3) is 0 Å². The van der Waals surface area contributed by atoms with E-state index in [1.807, 2.05) is 0 Å². The van der Waals surface area contributed by atoms with Gasteiger partial charge in [-0.05, 0) is 18.8 Å². The largest absolute Gasteiger partial charge is 0.391 e. The van der Waals surface area contributed by atoms with Gasteiger partial charge < -0.3 is 14.9 Å². The lowest BCUT2D eigenvalue weighted by Gasteiger charge is -2.25. The van der Waals surface area contributed by atoms with Crippen LogP contribution in [0.2, 0.25) is 0 Å². The molecule has 0 heterocycles. The van der Waals surface area contributed by atoms with Gasteiger partial charge in [-0.25, -0.2) is 0 Å². The van der Waals surface area contributed by atoms with E-state index < -0.39 is 6.29 Å². The first-order valence-electron chi connectivity index (χ1n) is 9.12. The van der Waals surface area contributed by atoms with Gasteiger partial charge in [0.25, 0.3) is 0 Å². The highest BCUT2D eigenvalue weighted by atomic mass is 16.6. The van der Waals surface area contributed by atoms with Crippen molar-refractivity contribution in [3.05, 3.63) is 0 Å². The van der Waals surface area contributed by atoms with Crippen LogP contribution in [0.15, 0.2) is 0 Å². The van der Waals surface area contributed by atoms with Gasteiger partial charge in [0.1, 0.15) is 0 Å². The zero-order valence-corrected chi connectivity index (χ0v) is 14.5. The molecule has 0 aromatic carbocycles. The molecule has 0 aromatic rings. The monoisotopic (exact) mass is 302 g/mol. The highest BCUT2D eigenvalue weighted by Gasteiger charge is 2.19. The maximum absolute atomic E-state index is 9.57. The third-order valence-corrected chi connectivity index (χ3v) is 4.14. The third kappa shape index (κ3) is 12.1. The van der Waals surface area contributed by atoms with Crippen molar-refractivity contribution in [1.29, 1.82) is 0 Å². The normalized spacial score (nSPS) is 15.9. The maximum Gasteiger partial charge on any atom is 0.178 e. The van der Waals surface area contributed by atoms with E-state index in [0.717, 1.165) is 19.3 Å². The van der Waals surface area contributed by atoms with Gasteiger partial charge in [0.15, 0.2) is 6.29 Å². The van der Waals surface area contributed by atoms with Gasteiger partial charge in [-0.2, -0.15) is 0 Å². The summed E-state index contributed by atoms with van der Waals surface area (Å²) in [5, 5.41) is 18.6. The van der Waals surface area contributed by atoms with Crippen molar-refractivity contribution in [2.45, 2.75) is 104 Å². The van der Waals surface area contributed by atoms with Crippen molar-refractivity contribution in [1.82, 2.24) is 0 Å². The molecule has 0 saturated carbocycles. The van der Waals surface area contributed by atoms with Crippen LogP contribution in [0, 0.1) is 5.92 Å². The van der Waals surface area contributed by atoms with E-state index in [2.05, 4.69) is 20.8 Å². The quantitative estimate of drug-likeness (QED) is 0.342. The molecule has 0 bridgehead atoms. The van der Waals surface area contributed by atoms with Gasteiger partial charge in [-0.15, -0.1) is 0 Å². The molecule has 0 saturated heterocycles. The minimum absolute atomic E-state index is 0.0943. The first-order chi connectivity index (χ1) is 10.2. The van der Waals surface area contributed by atoms with E-state index in [9.17, 15) is 5.11 Å². The van der Waals surface area contributed by atoms with Crippen LogP contribution in [0.1, 0.15) is 91.4 Å². The van der Waals surface area contributed by atoms with Crippen LogP contribution in [-0.2, 0) is 4.74 Å². The Balaban J connectivity index is 4.31. The van der Waals surface area contributed by atoms with E-state index >= 15 is 0 Å². The molecule has 21 heavy (non-hydrogen) atoms. The summed E-state index contributed by atoms with van der Waals surface area (Å²) in [6.45, 7) is 6.37. The Morgan fingerprint density at radius 1 is 0.810 bits per heavy atom. The molecule has 0 aliphatic rings. The molecule has 0 aliphatic carbocycles. The molecule has 3 atom stereocenters. The van der Waals surface area contributed by atoms with Crippen LogP contribution in [0.4, 0.5) is 0 Å².